The van der Waals surface area contributed by atoms with Gasteiger partial charge in [0.15, 0.2) is 11.5 Å². The second-order valence-electron chi connectivity index (χ2n) is 6.34. The molecule has 7 nitrogen and oxygen atoms in total. The summed E-state index contributed by atoms with van der Waals surface area (Å²) in [7, 11) is 0. The molecule has 0 bridgehead atoms. The average molecular weight is 337 g/mol. The first-order chi connectivity index (χ1) is 12.3. The average Bonchev–Trinajstić information content (AvgIpc) is 3.24. The van der Waals surface area contributed by atoms with Crippen molar-refractivity contribution in [2.45, 2.75) is 25.2 Å². The van der Waals surface area contributed by atoms with Crippen LogP contribution in [0.15, 0.2) is 30.3 Å². The third-order valence-electron chi connectivity index (χ3n) is 4.39. The fourth-order valence-corrected chi connectivity index (χ4v) is 2.96. The molecule has 0 saturated heterocycles. The molecule has 0 spiro atoms. The van der Waals surface area contributed by atoms with Crippen molar-refractivity contribution in [3.8, 4) is 0 Å². The van der Waals surface area contributed by atoms with E-state index < -0.39 is 0 Å². The van der Waals surface area contributed by atoms with E-state index in [-0.39, 0.29) is 5.82 Å². The molecular formula is C17H16FN7. The van der Waals surface area contributed by atoms with E-state index in [1.807, 2.05) is 16.6 Å². The van der Waals surface area contributed by atoms with Crippen LogP contribution >= 0.6 is 0 Å². The molecule has 3 aromatic heterocycles. The molecular weight excluding hydrogens is 321 g/mol. The number of fused-ring (bicyclic) bond motifs is 2. The van der Waals surface area contributed by atoms with E-state index in [1.165, 1.54) is 12.1 Å². The maximum Gasteiger partial charge on any atom is 0.178 e. The fourth-order valence-electron chi connectivity index (χ4n) is 2.96. The van der Waals surface area contributed by atoms with Gasteiger partial charge in [0, 0.05) is 18.9 Å². The minimum absolute atomic E-state index is 0.265. The maximum absolute atomic E-state index is 13.2. The lowest BCUT2D eigenvalue weighted by atomic mass is 10.3. The minimum Gasteiger partial charge on any atom is -0.368 e. The van der Waals surface area contributed by atoms with E-state index in [4.69, 9.17) is 0 Å². The van der Waals surface area contributed by atoms with Crippen LogP contribution in [0.3, 0.4) is 0 Å². The number of nitrogens with one attached hydrogen (secondary N) is 2. The highest BCUT2D eigenvalue weighted by Crippen LogP contribution is 2.38. The number of nitrogens with zero attached hydrogens (tertiary/aromatic N) is 5. The van der Waals surface area contributed by atoms with Crippen LogP contribution in [0.2, 0.25) is 0 Å². The Kier molecular flexibility index (Phi) is 3.16. The molecule has 0 amide bonds. The van der Waals surface area contributed by atoms with Crippen molar-refractivity contribution in [3.05, 3.63) is 47.8 Å². The molecule has 3 heterocycles. The highest BCUT2D eigenvalue weighted by molar-refractivity contribution is 5.74. The van der Waals surface area contributed by atoms with Crippen molar-refractivity contribution in [1.29, 1.82) is 0 Å². The standard InChI is InChI=1S/C17H16FN7/c18-11-3-4-12-13(9-11)21-15(20-12)7-8-19-14-5-6-16-22-23-17(10-1-2-10)25(16)24-14/h3-6,9-10H,1-2,7-8H2,(H,19,24)(H,20,21). The summed E-state index contributed by atoms with van der Waals surface area (Å²) >= 11 is 0. The van der Waals surface area contributed by atoms with Gasteiger partial charge in [-0.1, -0.05) is 0 Å². The van der Waals surface area contributed by atoms with Gasteiger partial charge in [-0.2, -0.15) is 4.52 Å². The summed E-state index contributed by atoms with van der Waals surface area (Å²) in [6.07, 6.45) is 3.01. The number of aromatic amines is 1. The predicted molar refractivity (Wildman–Crippen MR) is 91.0 cm³/mol. The zero-order valence-electron chi connectivity index (χ0n) is 13.4. The number of benzene rings is 1. The van der Waals surface area contributed by atoms with Crippen molar-refractivity contribution in [3.63, 3.8) is 0 Å². The number of rotatable bonds is 5. The topological polar surface area (TPSA) is 83.8 Å². The smallest absolute Gasteiger partial charge is 0.178 e. The van der Waals surface area contributed by atoms with Crippen LogP contribution in [-0.4, -0.2) is 36.3 Å². The molecule has 0 radical (unpaired) electrons. The highest BCUT2D eigenvalue weighted by atomic mass is 19.1. The van der Waals surface area contributed by atoms with Gasteiger partial charge < -0.3 is 10.3 Å². The predicted octanol–water partition coefficient (Wildman–Crippen LogP) is 2.67. The van der Waals surface area contributed by atoms with Gasteiger partial charge in [0.2, 0.25) is 0 Å². The lowest BCUT2D eigenvalue weighted by Gasteiger charge is -2.05. The first kappa shape index (κ1) is 14.3. The lowest BCUT2D eigenvalue weighted by Crippen LogP contribution is -2.09. The van der Waals surface area contributed by atoms with Crippen LogP contribution in [0, 0.1) is 5.82 Å². The molecule has 8 heteroatoms. The number of aromatic nitrogens is 6. The third-order valence-corrected chi connectivity index (χ3v) is 4.39. The Labute approximate surface area is 142 Å². The van der Waals surface area contributed by atoms with E-state index in [2.05, 4.69) is 30.6 Å². The summed E-state index contributed by atoms with van der Waals surface area (Å²) in [5, 5.41) is 16.3. The summed E-state index contributed by atoms with van der Waals surface area (Å²) in [5.41, 5.74) is 2.26. The van der Waals surface area contributed by atoms with Crippen molar-refractivity contribution in [2.24, 2.45) is 0 Å². The van der Waals surface area contributed by atoms with Crippen LogP contribution in [0.1, 0.15) is 30.4 Å². The largest absolute Gasteiger partial charge is 0.368 e. The Hall–Kier alpha value is -3.03. The number of halogens is 1. The molecule has 0 aliphatic heterocycles. The van der Waals surface area contributed by atoms with Gasteiger partial charge >= 0.3 is 0 Å². The fraction of sp³-hybridized carbons (Fsp3) is 0.294. The van der Waals surface area contributed by atoms with Crippen LogP contribution < -0.4 is 5.32 Å². The van der Waals surface area contributed by atoms with Crippen molar-refractivity contribution in [1.82, 2.24) is 29.8 Å². The second-order valence-corrected chi connectivity index (χ2v) is 6.34. The summed E-state index contributed by atoms with van der Waals surface area (Å²) < 4.78 is 15.1. The molecule has 0 atom stereocenters. The number of hydrogen-bond acceptors (Lipinski definition) is 5. The lowest BCUT2D eigenvalue weighted by molar-refractivity contribution is 0.629. The SMILES string of the molecule is Fc1ccc2nc(CCNc3ccc4nnc(C5CC5)n4n3)[nH]c2c1. The minimum atomic E-state index is -0.265. The van der Waals surface area contributed by atoms with Gasteiger partial charge in [0.05, 0.1) is 11.0 Å². The Morgan fingerprint density at radius 3 is 3.00 bits per heavy atom. The summed E-state index contributed by atoms with van der Waals surface area (Å²) in [6, 6.07) is 8.37. The van der Waals surface area contributed by atoms with Gasteiger partial charge in [-0.15, -0.1) is 15.3 Å². The van der Waals surface area contributed by atoms with Gasteiger partial charge in [0.1, 0.15) is 17.5 Å². The quantitative estimate of drug-likeness (QED) is 0.585. The Morgan fingerprint density at radius 1 is 1.20 bits per heavy atom. The molecule has 2 N–H and O–H groups in total. The Morgan fingerprint density at radius 2 is 2.12 bits per heavy atom. The molecule has 1 aliphatic carbocycles. The monoisotopic (exact) mass is 337 g/mol. The van der Waals surface area contributed by atoms with Gasteiger partial charge in [0.25, 0.3) is 0 Å². The van der Waals surface area contributed by atoms with Crippen molar-refractivity contribution in [2.75, 3.05) is 11.9 Å². The van der Waals surface area contributed by atoms with Crippen LogP contribution in [0.25, 0.3) is 16.7 Å². The van der Waals surface area contributed by atoms with Gasteiger partial charge in [-0.3, -0.25) is 0 Å². The second kappa shape index (κ2) is 5.51. The van der Waals surface area contributed by atoms with Crippen LogP contribution in [-0.2, 0) is 6.42 Å². The number of H-pyrrole nitrogens is 1. The van der Waals surface area contributed by atoms with E-state index in [9.17, 15) is 4.39 Å². The normalized spacial score (nSPS) is 14.4. The van der Waals surface area contributed by atoms with E-state index in [1.54, 1.807) is 6.07 Å². The van der Waals surface area contributed by atoms with Crippen LogP contribution in [0.4, 0.5) is 10.2 Å². The van der Waals surface area contributed by atoms with E-state index in [0.29, 0.717) is 24.4 Å². The molecule has 126 valence electrons. The molecule has 25 heavy (non-hydrogen) atoms. The maximum atomic E-state index is 13.2. The number of anilines is 1. The highest BCUT2D eigenvalue weighted by Gasteiger charge is 2.29. The first-order valence-electron chi connectivity index (χ1n) is 8.37. The first-order valence-corrected chi connectivity index (χ1v) is 8.37. The zero-order chi connectivity index (χ0) is 16.8. The Bertz CT molecular complexity index is 1060. The van der Waals surface area contributed by atoms with Gasteiger partial charge in [-0.25, -0.2) is 9.37 Å². The molecule has 1 aromatic carbocycles. The van der Waals surface area contributed by atoms with E-state index >= 15 is 0 Å². The Balaban J connectivity index is 1.30. The summed E-state index contributed by atoms with van der Waals surface area (Å²) in [6.45, 7) is 0.668. The van der Waals surface area contributed by atoms with E-state index in [0.717, 1.165) is 41.5 Å². The molecule has 1 saturated carbocycles. The summed E-state index contributed by atoms with van der Waals surface area (Å²) in [4.78, 5) is 7.61. The van der Waals surface area contributed by atoms with Crippen molar-refractivity contribution >= 4 is 22.5 Å². The van der Waals surface area contributed by atoms with Gasteiger partial charge in [-0.05, 0) is 43.2 Å². The summed E-state index contributed by atoms with van der Waals surface area (Å²) in [5.74, 6) is 2.76. The number of imidazole rings is 1. The van der Waals surface area contributed by atoms with Crippen LogP contribution in [0.5, 0.6) is 0 Å². The molecule has 1 aliphatic rings. The van der Waals surface area contributed by atoms with Crippen molar-refractivity contribution < 1.29 is 4.39 Å². The molecule has 1 fully saturated rings. The zero-order valence-corrected chi connectivity index (χ0v) is 13.4. The molecule has 0 unspecified atom stereocenters. The molecule has 5 rings (SSSR count). The third kappa shape index (κ3) is 2.69. The number of hydrogen-bond donors (Lipinski definition) is 2. The molecule has 4 aromatic rings.